The summed E-state index contributed by atoms with van der Waals surface area (Å²) < 4.78 is 11.0. The van der Waals surface area contributed by atoms with Gasteiger partial charge in [0.15, 0.2) is 17.3 Å². The molecule has 1 aliphatic rings. The molecule has 0 spiro atoms. The highest BCUT2D eigenvalue weighted by molar-refractivity contribution is 5.91. The Balaban J connectivity index is 2.01. The predicted molar refractivity (Wildman–Crippen MR) is 72.0 cm³/mol. The van der Waals surface area contributed by atoms with E-state index >= 15 is 0 Å². The SMILES string of the molecule is CCC(NC(=O)C1COc2ccccc2O1)/C(N)=N/O. The second-order valence-corrected chi connectivity index (χ2v) is 4.36. The number of amidine groups is 1. The van der Waals surface area contributed by atoms with E-state index in [4.69, 9.17) is 20.4 Å². The molecule has 4 N–H and O–H groups in total. The molecule has 1 aromatic carbocycles. The van der Waals surface area contributed by atoms with Crippen LogP contribution in [-0.2, 0) is 4.79 Å². The van der Waals surface area contributed by atoms with Crippen molar-refractivity contribution in [1.82, 2.24) is 5.32 Å². The first kappa shape index (κ1) is 14.0. The van der Waals surface area contributed by atoms with Crippen molar-refractivity contribution in [1.29, 1.82) is 0 Å². The van der Waals surface area contributed by atoms with Gasteiger partial charge in [-0.25, -0.2) is 0 Å². The maximum atomic E-state index is 12.1. The second kappa shape index (κ2) is 6.14. The van der Waals surface area contributed by atoms with E-state index in [9.17, 15) is 4.79 Å². The molecule has 2 unspecified atom stereocenters. The van der Waals surface area contributed by atoms with Gasteiger partial charge in [-0.3, -0.25) is 4.79 Å². The zero-order chi connectivity index (χ0) is 14.5. The molecule has 1 aromatic rings. The summed E-state index contributed by atoms with van der Waals surface area (Å²) in [6.07, 6.45) is -0.253. The number of para-hydroxylation sites is 2. The van der Waals surface area contributed by atoms with E-state index in [0.29, 0.717) is 17.9 Å². The third kappa shape index (κ3) is 2.93. The fourth-order valence-electron chi connectivity index (χ4n) is 1.87. The van der Waals surface area contributed by atoms with Crippen molar-refractivity contribution in [3.05, 3.63) is 24.3 Å². The number of benzene rings is 1. The number of carbonyl (C=O) groups excluding carboxylic acids is 1. The van der Waals surface area contributed by atoms with Crippen molar-refractivity contribution >= 4 is 11.7 Å². The van der Waals surface area contributed by atoms with Crippen LogP contribution in [0.4, 0.5) is 0 Å². The number of rotatable bonds is 4. The Kier molecular flexibility index (Phi) is 4.29. The second-order valence-electron chi connectivity index (χ2n) is 4.36. The van der Waals surface area contributed by atoms with E-state index in [1.807, 2.05) is 13.0 Å². The van der Waals surface area contributed by atoms with Crippen LogP contribution in [0.3, 0.4) is 0 Å². The molecule has 0 bridgehead atoms. The quantitative estimate of drug-likeness (QED) is 0.321. The van der Waals surface area contributed by atoms with Gasteiger partial charge in [0.1, 0.15) is 6.61 Å². The van der Waals surface area contributed by atoms with Crippen LogP contribution in [0.15, 0.2) is 29.4 Å². The van der Waals surface area contributed by atoms with Crippen LogP contribution >= 0.6 is 0 Å². The van der Waals surface area contributed by atoms with Crippen molar-refractivity contribution in [2.75, 3.05) is 6.61 Å². The maximum absolute atomic E-state index is 12.1. The largest absolute Gasteiger partial charge is 0.485 e. The number of ether oxygens (including phenoxy) is 2. The monoisotopic (exact) mass is 279 g/mol. The molecule has 20 heavy (non-hydrogen) atoms. The number of nitrogens with two attached hydrogens (primary N) is 1. The number of oxime groups is 1. The van der Waals surface area contributed by atoms with Crippen LogP contribution in [0, 0.1) is 0 Å². The Labute approximate surface area is 116 Å². The number of nitrogens with zero attached hydrogens (tertiary/aromatic N) is 1. The highest BCUT2D eigenvalue weighted by Gasteiger charge is 2.29. The third-order valence-corrected chi connectivity index (χ3v) is 3.00. The topological polar surface area (TPSA) is 106 Å². The lowest BCUT2D eigenvalue weighted by molar-refractivity contribution is -0.130. The Morgan fingerprint density at radius 2 is 2.25 bits per heavy atom. The van der Waals surface area contributed by atoms with E-state index < -0.39 is 12.1 Å². The normalized spacial score (nSPS) is 19.2. The summed E-state index contributed by atoms with van der Waals surface area (Å²) in [6.45, 7) is 1.94. The molecule has 0 fully saturated rings. The first-order valence-electron chi connectivity index (χ1n) is 6.32. The average Bonchev–Trinajstić information content (AvgIpc) is 2.51. The average molecular weight is 279 g/mol. The molecule has 7 heteroatoms. The lowest BCUT2D eigenvalue weighted by Crippen LogP contribution is -2.51. The molecule has 108 valence electrons. The molecule has 7 nitrogen and oxygen atoms in total. The van der Waals surface area contributed by atoms with Crippen molar-refractivity contribution in [2.45, 2.75) is 25.5 Å². The van der Waals surface area contributed by atoms with Crippen LogP contribution in [0.5, 0.6) is 11.5 Å². The lowest BCUT2D eigenvalue weighted by Gasteiger charge is -2.27. The number of hydrogen-bond acceptors (Lipinski definition) is 5. The van der Waals surface area contributed by atoms with Crippen molar-refractivity contribution < 1.29 is 19.5 Å². The molecule has 1 aliphatic heterocycles. The molecule has 1 amide bonds. The highest BCUT2D eigenvalue weighted by atomic mass is 16.6. The van der Waals surface area contributed by atoms with Crippen LogP contribution in [0.25, 0.3) is 0 Å². The molecule has 2 atom stereocenters. The summed E-state index contributed by atoms with van der Waals surface area (Å²) >= 11 is 0. The van der Waals surface area contributed by atoms with Crippen LogP contribution in [0.2, 0.25) is 0 Å². The molecular formula is C13H17N3O4. The third-order valence-electron chi connectivity index (χ3n) is 3.00. The Morgan fingerprint density at radius 3 is 2.90 bits per heavy atom. The predicted octanol–water partition coefficient (Wildman–Crippen LogP) is 0.468. The Bertz CT molecular complexity index is 518. The van der Waals surface area contributed by atoms with E-state index in [-0.39, 0.29) is 18.3 Å². The summed E-state index contributed by atoms with van der Waals surface area (Å²) in [5, 5.41) is 14.2. The zero-order valence-corrected chi connectivity index (χ0v) is 11.1. The van der Waals surface area contributed by atoms with E-state index in [1.165, 1.54) is 0 Å². The van der Waals surface area contributed by atoms with Gasteiger partial charge >= 0.3 is 0 Å². The number of nitrogens with one attached hydrogen (secondary N) is 1. The Hall–Kier alpha value is -2.44. The van der Waals surface area contributed by atoms with Gasteiger partial charge < -0.3 is 25.7 Å². The number of amides is 1. The molecule has 0 aliphatic carbocycles. The van der Waals surface area contributed by atoms with Gasteiger partial charge in [0, 0.05) is 0 Å². The van der Waals surface area contributed by atoms with Crippen molar-refractivity contribution in [3.63, 3.8) is 0 Å². The standard InChI is InChI=1S/C13H17N3O4/c1-2-8(12(14)16-18)15-13(17)11-7-19-9-5-3-4-6-10(9)20-11/h3-6,8,11,18H,2,7H2,1H3,(H2,14,16)(H,15,17). The first-order chi connectivity index (χ1) is 9.65. The van der Waals surface area contributed by atoms with Gasteiger partial charge in [0.05, 0.1) is 6.04 Å². The van der Waals surface area contributed by atoms with Gasteiger partial charge in [-0.15, -0.1) is 0 Å². The van der Waals surface area contributed by atoms with Crippen molar-refractivity contribution in [3.8, 4) is 11.5 Å². The minimum absolute atomic E-state index is 0.0435. The first-order valence-corrected chi connectivity index (χ1v) is 6.32. The molecule has 0 saturated heterocycles. The summed E-state index contributed by atoms with van der Waals surface area (Å²) in [5.74, 6) is 0.728. The summed E-state index contributed by atoms with van der Waals surface area (Å²) in [5.41, 5.74) is 5.50. The molecule has 0 saturated carbocycles. The molecule has 0 aromatic heterocycles. The van der Waals surface area contributed by atoms with E-state index in [2.05, 4.69) is 10.5 Å². The highest BCUT2D eigenvalue weighted by Crippen LogP contribution is 2.30. The summed E-state index contributed by atoms with van der Waals surface area (Å²) in [7, 11) is 0. The zero-order valence-electron chi connectivity index (χ0n) is 11.1. The van der Waals surface area contributed by atoms with E-state index in [0.717, 1.165) is 0 Å². The fraction of sp³-hybridized carbons (Fsp3) is 0.385. The number of carbonyl (C=O) groups is 1. The lowest BCUT2D eigenvalue weighted by atomic mass is 10.2. The summed E-state index contributed by atoms with van der Waals surface area (Å²) in [6, 6.07) is 6.60. The maximum Gasteiger partial charge on any atom is 0.265 e. The molecule has 1 heterocycles. The summed E-state index contributed by atoms with van der Waals surface area (Å²) in [4.78, 5) is 12.1. The fourth-order valence-corrected chi connectivity index (χ4v) is 1.87. The van der Waals surface area contributed by atoms with Gasteiger partial charge in [0.2, 0.25) is 6.10 Å². The van der Waals surface area contributed by atoms with Crippen LogP contribution in [-0.4, -0.2) is 35.7 Å². The Morgan fingerprint density at radius 1 is 1.55 bits per heavy atom. The molecule has 0 radical (unpaired) electrons. The van der Waals surface area contributed by atoms with Crippen molar-refractivity contribution in [2.24, 2.45) is 10.9 Å². The van der Waals surface area contributed by atoms with Gasteiger partial charge in [-0.1, -0.05) is 24.2 Å². The number of fused-ring (bicyclic) bond motifs is 1. The minimum atomic E-state index is -0.759. The van der Waals surface area contributed by atoms with Gasteiger partial charge in [-0.05, 0) is 18.6 Å². The smallest absolute Gasteiger partial charge is 0.265 e. The molecule has 2 rings (SSSR count). The van der Waals surface area contributed by atoms with Gasteiger partial charge in [-0.2, -0.15) is 0 Å². The number of hydrogen-bond donors (Lipinski definition) is 3. The van der Waals surface area contributed by atoms with Crippen LogP contribution < -0.4 is 20.5 Å². The van der Waals surface area contributed by atoms with Crippen LogP contribution in [0.1, 0.15) is 13.3 Å². The minimum Gasteiger partial charge on any atom is -0.485 e. The van der Waals surface area contributed by atoms with Gasteiger partial charge in [0.25, 0.3) is 5.91 Å². The molecular weight excluding hydrogens is 262 g/mol. The van der Waals surface area contributed by atoms with E-state index in [1.54, 1.807) is 18.2 Å².